The second-order valence-corrected chi connectivity index (χ2v) is 6.27. The van der Waals surface area contributed by atoms with E-state index in [1.807, 2.05) is 32.9 Å². The van der Waals surface area contributed by atoms with Gasteiger partial charge in [-0.25, -0.2) is 4.99 Å². The number of aryl methyl sites for hydroxylation is 3. The zero-order valence-corrected chi connectivity index (χ0v) is 17.6. The van der Waals surface area contributed by atoms with Gasteiger partial charge in [-0.15, -0.1) is 0 Å². The molecule has 2 aromatic carbocycles. The molecule has 0 fully saturated rings. The lowest BCUT2D eigenvalue weighted by Gasteiger charge is -2.10. The number of carbonyl (C=O) groups is 1. The van der Waals surface area contributed by atoms with Crippen molar-refractivity contribution in [3.8, 4) is 0 Å². The van der Waals surface area contributed by atoms with Crippen LogP contribution in [0.15, 0.2) is 71.4 Å². The van der Waals surface area contributed by atoms with Crippen molar-refractivity contribution in [1.82, 2.24) is 4.90 Å². The molecule has 0 aliphatic heterocycles. The number of carbonyl (C=O) groups excluding carboxylic acids is 1. The molecule has 4 heteroatoms. The van der Waals surface area contributed by atoms with Crippen molar-refractivity contribution in [3.05, 3.63) is 83.1 Å². The van der Waals surface area contributed by atoms with Gasteiger partial charge in [-0.2, -0.15) is 0 Å². The zero-order chi connectivity index (χ0) is 20.8. The Morgan fingerprint density at radius 1 is 0.964 bits per heavy atom. The molecule has 0 saturated carbocycles. The molecule has 0 spiro atoms. The Labute approximate surface area is 169 Å². The summed E-state index contributed by atoms with van der Waals surface area (Å²) < 4.78 is 0. The molecule has 0 unspecified atom stereocenters. The first-order valence-electron chi connectivity index (χ1n) is 9.91. The van der Waals surface area contributed by atoms with Crippen LogP contribution in [0.5, 0.6) is 0 Å². The maximum Gasteiger partial charge on any atom is 0.216 e. The van der Waals surface area contributed by atoms with E-state index >= 15 is 0 Å². The largest absolute Gasteiger partial charge is 0.369 e. The van der Waals surface area contributed by atoms with E-state index in [4.69, 9.17) is 5.73 Å². The van der Waals surface area contributed by atoms with E-state index in [1.54, 1.807) is 7.05 Å². The summed E-state index contributed by atoms with van der Waals surface area (Å²) in [5.74, 6) is 0.213. The Morgan fingerprint density at radius 3 is 2.14 bits per heavy atom. The molecule has 0 radical (unpaired) electrons. The van der Waals surface area contributed by atoms with Gasteiger partial charge in [0.2, 0.25) is 12.4 Å². The van der Waals surface area contributed by atoms with Crippen molar-refractivity contribution in [2.45, 2.75) is 46.5 Å². The highest BCUT2D eigenvalue weighted by molar-refractivity contribution is 5.87. The Bertz CT molecular complexity index is 766. The van der Waals surface area contributed by atoms with Crippen molar-refractivity contribution in [2.75, 3.05) is 7.05 Å². The molecule has 0 aromatic heterocycles. The Hall–Kier alpha value is -2.88. The molecule has 28 heavy (non-hydrogen) atoms. The number of benzene rings is 2. The lowest BCUT2D eigenvalue weighted by atomic mass is 10.0. The normalized spacial score (nSPS) is 11.4. The minimum Gasteiger partial charge on any atom is -0.369 e. The number of rotatable bonds is 8. The quantitative estimate of drug-likeness (QED) is 0.409. The van der Waals surface area contributed by atoms with Crippen LogP contribution < -0.4 is 5.73 Å². The summed E-state index contributed by atoms with van der Waals surface area (Å²) in [6.45, 7) is 5.93. The van der Waals surface area contributed by atoms with Crippen LogP contribution >= 0.6 is 0 Å². The molecule has 150 valence electrons. The molecular formula is C24H33N3O. The van der Waals surface area contributed by atoms with Gasteiger partial charge in [0.25, 0.3) is 0 Å². The van der Waals surface area contributed by atoms with Crippen LogP contribution in [-0.4, -0.2) is 24.3 Å². The van der Waals surface area contributed by atoms with Gasteiger partial charge in [-0.1, -0.05) is 74.5 Å². The number of nitrogens with zero attached hydrogens (tertiary/aromatic N) is 2. The van der Waals surface area contributed by atoms with E-state index in [-0.39, 0.29) is 5.96 Å². The fourth-order valence-electron chi connectivity index (χ4n) is 2.69. The van der Waals surface area contributed by atoms with Gasteiger partial charge in [-0.05, 0) is 49.3 Å². The van der Waals surface area contributed by atoms with Crippen LogP contribution in [0.25, 0.3) is 0 Å². The monoisotopic (exact) mass is 379 g/mol. The summed E-state index contributed by atoms with van der Waals surface area (Å²) in [4.78, 5) is 16.3. The molecule has 0 aliphatic carbocycles. The molecule has 0 heterocycles. The summed E-state index contributed by atoms with van der Waals surface area (Å²) >= 11 is 0. The molecule has 2 aromatic rings. The predicted molar refractivity (Wildman–Crippen MR) is 119 cm³/mol. The number of hydrogen-bond acceptors (Lipinski definition) is 2. The SMILES string of the molecule is C/C=C(/CCc1cccc(CCc2ccccc2)c1)N=C(N)N(C)C=O.CC. The third-order valence-electron chi connectivity index (χ3n) is 4.32. The number of aliphatic imine (C=N–C) groups is 1. The standard InChI is InChI=1S/C22H27N3O.C2H6/c1-3-21(24-22(23)25(2)17-26)15-14-20-11-7-10-19(16-20)13-12-18-8-5-4-6-9-18;1-2/h3-11,16-17H,12-15H2,1-2H3,(H2,23,24);1-2H3/b21-3-;. The van der Waals surface area contributed by atoms with Crippen molar-refractivity contribution < 1.29 is 4.79 Å². The van der Waals surface area contributed by atoms with E-state index in [0.717, 1.165) is 31.4 Å². The lowest BCUT2D eigenvalue weighted by molar-refractivity contribution is -0.114. The minimum atomic E-state index is 0.213. The van der Waals surface area contributed by atoms with E-state index in [9.17, 15) is 4.79 Å². The summed E-state index contributed by atoms with van der Waals surface area (Å²) in [7, 11) is 1.59. The molecule has 0 aliphatic rings. The first-order chi connectivity index (χ1) is 13.6. The number of amides is 1. The molecule has 1 amide bonds. The second-order valence-electron chi connectivity index (χ2n) is 6.27. The molecule has 0 atom stereocenters. The molecule has 2 rings (SSSR count). The number of nitrogens with two attached hydrogens (primary N) is 1. The van der Waals surface area contributed by atoms with Crippen LogP contribution in [0.4, 0.5) is 0 Å². The molecule has 4 nitrogen and oxygen atoms in total. The Morgan fingerprint density at radius 2 is 1.54 bits per heavy atom. The van der Waals surface area contributed by atoms with Crippen molar-refractivity contribution in [1.29, 1.82) is 0 Å². The topological polar surface area (TPSA) is 58.7 Å². The van der Waals surface area contributed by atoms with E-state index in [0.29, 0.717) is 6.41 Å². The molecule has 2 N–H and O–H groups in total. The Balaban J connectivity index is 0.00000190. The van der Waals surface area contributed by atoms with Crippen LogP contribution in [0.1, 0.15) is 43.9 Å². The maximum atomic E-state index is 10.7. The van der Waals surface area contributed by atoms with Crippen LogP contribution in [0, 0.1) is 0 Å². The number of allylic oxidation sites excluding steroid dienone is 2. The summed E-state index contributed by atoms with van der Waals surface area (Å²) in [6.07, 6.45) is 6.34. The summed E-state index contributed by atoms with van der Waals surface area (Å²) in [5.41, 5.74) is 10.7. The first-order valence-corrected chi connectivity index (χ1v) is 9.91. The number of guanidine groups is 1. The minimum absolute atomic E-state index is 0.213. The van der Waals surface area contributed by atoms with Gasteiger partial charge in [0.1, 0.15) is 0 Å². The predicted octanol–water partition coefficient (Wildman–Crippen LogP) is 4.74. The third-order valence-corrected chi connectivity index (χ3v) is 4.32. The second kappa shape index (κ2) is 13.3. The average molecular weight is 380 g/mol. The average Bonchev–Trinajstić information content (AvgIpc) is 2.76. The third kappa shape index (κ3) is 8.21. The van der Waals surface area contributed by atoms with E-state index < -0.39 is 0 Å². The van der Waals surface area contributed by atoms with Crippen LogP contribution in [0.2, 0.25) is 0 Å². The van der Waals surface area contributed by atoms with Crippen LogP contribution in [0.3, 0.4) is 0 Å². The maximum absolute atomic E-state index is 10.7. The fraction of sp³-hybridized carbons (Fsp3) is 0.333. The smallest absolute Gasteiger partial charge is 0.216 e. The number of hydrogen-bond donors (Lipinski definition) is 1. The van der Waals surface area contributed by atoms with Gasteiger partial charge in [-0.3, -0.25) is 9.69 Å². The van der Waals surface area contributed by atoms with Gasteiger partial charge in [0, 0.05) is 12.7 Å². The van der Waals surface area contributed by atoms with Gasteiger partial charge < -0.3 is 5.73 Å². The summed E-state index contributed by atoms with van der Waals surface area (Å²) in [6, 6.07) is 19.2. The van der Waals surface area contributed by atoms with Crippen molar-refractivity contribution >= 4 is 12.4 Å². The van der Waals surface area contributed by atoms with Crippen LogP contribution in [-0.2, 0) is 24.1 Å². The molecular weight excluding hydrogens is 346 g/mol. The highest BCUT2D eigenvalue weighted by Crippen LogP contribution is 2.14. The van der Waals surface area contributed by atoms with Gasteiger partial charge >= 0.3 is 0 Å². The molecule has 0 saturated heterocycles. The van der Waals surface area contributed by atoms with E-state index in [1.165, 1.54) is 21.6 Å². The Kier molecular flexibility index (Phi) is 11.0. The van der Waals surface area contributed by atoms with E-state index in [2.05, 4.69) is 53.5 Å². The van der Waals surface area contributed by atoms with Gasteiger partial charge in [0.15, 0.2) is 0 Å². The van der Waals surface area contributed by atoms with Crippen molar-refractivity contribution in [3.63, 3.8) is 0 Å². The zero-order valence-electron chi connectivity index (χ0n) is 17.6. The van der Waals surface area contributed by atoms with Crippen molar-refractivity contribution in [2.24, 2.45) is 10.7 Å². The first kappa shape index (κ1) is 23.2. The summed E-state index contributed by atoms with van der Waals surface area (Å²) in [5, 5.41) is 0. The highest BCUT2D eigenvalue weighted by Gasteiger charge is 2.03. The van der Waals surface area contributed by atoms with Gasteiger partial charge in [0.05, 0.1) is 0 Å². The fourth-order valence-corrected chi connectivity index (χ4v) is 2.69. The highest BCUT2D eigenvalue weighted by atomic mass is 16.1. The molecule has 0 bridgehead atoms. The lowest BCUT2D eigenvalue weighted by Crippen LogP contribution is -2.32.